The van der Waals surface area contributed by atoms with Gasteiger partial charge in [-0.3, -0.25) is 4.68 Å². The van der Waals surface area contributed by atoms with Gasteiger partial charge in [0, 0.05) is 33.2 Å². The Labute approximate surface area is 142 Å². The summed E-state index contributed by atoms with van der Waals surface area (Å²) in [5.41, 5.74) is 1.62. The molecule has 0 spiro atoms. The standard InChI is InChI=1S/C12H18BrN7O2S/c1-18-10-9(11(13)17-18)15-7-16-12(10)20-5-3-8(4-6-20)19(2)23(14,21)22/h7-8H,3-6H2,1-2H3,(H2,14,21,22). The second-order valence-electron chi connectivity index (χ2n) is 5.59. The van der Waals surface area contributed by atoms with Crippen LogP contribution >= 0.6 is 15.9 Å². The second-order valence-corrected chi connectivity index (χ2v) is 7.95. The molecule has 1 fully saturated rings. The van der Waals surface area contributed by atoms with Crippen molar-refractivity contribution < 1.29 is 8.42 Å². The van der Waals surface area contributed by atoms with Gasteiger partial charge >= 0.3 is 0 Å². The van der Waals surface area contributed by atoms with Crippen molar-refractivity contribution in [1.29, 1.82) is 0 Å². The Balaban J connectivity index is 1.84. The number of anilines is 1. The van der Waals surface area contributed by atoms with Crippen LogP contribution < -0.4 is 10.0 Å². The molecule has 0 atom stereocenters. The van der Waals surface area contributed by atoms with Gasteiger partial charge in [0.1, 0.15) is 17.4 Å². The van der Waals surface area contributed by atoms with Gasteiger partial charge in [-0.1, -0.05) is 0 Å². The van der Waals surface area contributed by atoms with E-state index in [0.29, 0.717) is 30.5 Å². The predicted molar refractivity (Wildman–Crippen MR) is 90.1 cm³/mol. The average molecular weight is 404 g/mol. The zero-order chi connectivity index (χ0) is 16.8. The minimum atomic E-state index is -3.65. The number of fused-ring (bicyclic) bond motifs is 1. The Morgan fingerprint density at radius 1 is 1.35 bits per heavy atom. The van der Waals surface area contributed by atoms with E-state index < -0.39 is 10.2 Å². The number of aromatic nitrogens is 4. The highest BCUT2D eigenvalue weighted by atomic mass is 79.9. The lowest BCUT2D eigenvalue weighted by atomic mass is 10.1. The largest absolute Gasteiger partial charge is 0.355 e. The molecule has 1 saturated heterocycles. The molecule has 23 heavy (non-hydrogen) atoms. The smallest absolute Gasteiger partial charge is 0.276 e. The number of nitrogens with two attached hydrogens (primary N) is 1. The summed E-state index contributed by atoms with van der Waals surface area (Å²) in [5, 5.41) is 9.52. The van der Waals surface area contributed by atoms with Gasteiger partial charge in [-0.2, -0.15) is 17.8 Å². The van der Waals surface area contributed by atoms with Crippen molar-refractivity contribution in [1.82, 2.24) is 24.1 Å². The third kappa shape index (κ3) is 3.05. The van der Waals surface area contributed by atoms with Crippen LogP contribution in [0.2, 0.25) is 0 Å². The molecule has 0 aliphatic carbocycles. The molecular formula is C12H18BrN7O2S. The summed E-state index contributed by atoms with van der Waals surface area (Å²) in [4.78, 5) is 10.8. The van der Waals surface area contributed by atoms with Crippen LogP contribution in [0.1, 0.15) is 12.8 Å². The monoisotopic (exact) mass is 403 g/mol. The second kappa shape index (κ2) is 5.96. The Bertz CT molecular complexity index is 829. The number of hydrogen-bond acceptors (Lipinski definition) is 6. The number of rotatable bonds is 3. The van der Waals surface area contributed by atoms with Crippen molar-refractivity contribution in [2.24, 2.45) is 12.2 Å². The Kier molecular flexibility index (Phi) is 4.29. The summed E-state index contributed by atoms with van der Waals surface area (Å²) in [6.07, 6.45) is 2.90. The van der Waals surface area contributed by atoms with E-state index in [9.17, 15) is 8.42 Å². The number of halogens is 1. The van der Waals surface area contributed by atoms with Crippen LogP contribution in [0.3, 0.4) is 0 Å². The van der Waals surface area contributed by atoms with Gasteiger partial charge in [0.05, 0.1) is 0 Å². The fourth-order valence-corrected chi connectivity index (χ4v) is 4.08. The molecule has 126 valence electrons. The van der Waals surface area contributed by atoms with Gasteiger partial charge in [-0.05, 0) is 28.8 Å². The molecule has 2 aromatic heterocycles. The van der Waals surface area contributed by atoms with Gasteiger partial charge in [-0.15, -0.1) is 0 Å². The highest BCUT2D eigenvalue weighted by molar-refractivity contribution is 9.10. The molecule has 0 aromatic carbocycles. The third-order valence-corrected chi connectivity index (χ3v) is 5.87. The maximum absolute atomic E-state index is 11.5. The molecule has 9 nitrogen and oxygen atoms in total. The first-order valence-corrected chi connectivity index (χ1v) is 9.42. The SMILES string of the molecule is CN(C1CCN(c2ncnc3c(Br)nn(C)c23)CC1)S(N)(=O)=O. The Morgan fingerprint density at radius 2 is 2.00 bits per heavy atom. The highest BCUT2D eigenvalue weighted by Crippen LogP contribution is 2.29. The van der Waals surface area contributed by atoms with E-state index in [1.807, 2.05) is 7.05 Å². The minimum Gasteiger partial charge on any atom is -0.355 e. The highest BCUT2D eigenvalue weighted by Gasteiger charge is 2.29. The molecule has 11 heteroatoms. The van der Waals surface area contributed by atoms with Crippen LogP contribution in [0.5, 0.6) is 0 Å². The van der Waals surface area contributed by atoms with Crippen LogP contribution in [0.15, 0.2) is 10.9 Å². The average Bonchev–Trinajstić information content (AvgIpc) is 2.81. The molecule has 0 bridgehead atoms. The van der Waals surface area contributed by atoms with E-state index in [1.165, 1.54) is 17.7 Å². The van der Waals surface area contributed by atoms with E-state index in [1.54, 1.807) is 4.68 Å². The Hall–Kier alpha value is -1.30. The van der Waals surface area contributed by atoms with Crippen molar-refractivity contribution in [3.63, 3.8) is 0 Å². The summed E-state index contributed by atoms with van der Waals surface area (Å²) < 4.78 is 26.6. The molecule has 3 rings (SSSR count). The van der Waals surface area contributed by atoms with Crippen molar-refractivity contribution in [3.8, 4) is 0 Å². The predicted octanol–water partition coefficient (Wildman–Crippen LogP) is 0.230. The van der Waals surface area contributed by atoms with E-state index in [2.05, 4.69) is 35.9 Å². The van der Waals surface area contributed by atoms with Gasteiger partial charge in [0.25, 0.3) is 10.2 Å². The molecule has 0 amide bonds. The maximum atomic E-state index is 11.5. The molecule has 1 aliphatic heterocycles. The van der Waals surface area contributed by atoms with Crippen LogP contribution in [0.25, 0.3) is 11.0 Å². The van der Waals surface area contributed by atoms with E-state index in [-0.39, 0.29) is 6.04 Å². The lowest BCUT2D eigenvalue weighted by Crippen LogP contribution is -2.47. The van der Waals surface area contributed by atoms with Gasteiger partial charge in [-0.25, -0.2) is 15.1 Å². The van der Waals surface area contributed by atoms with Crippen LogP contribution in [-0.2, 0) is 17.3 Å². The normalized spacial score (nSPS) is 17.3. The first-order valence-electron chi connectivity index (χ1n) is 7.13. The molecular weight excluding hydrogens is 386 g/mol. The van der Waals surface area contributed by atoms with E-state index >= 15 is 0 Å². The molecule has 0 radical (unpaired) electrons. The maximum Gasteiger partial charge on any atom is 0.276 e. The fraction of sp³-hybridized carbons (Fsp3) is 0.583. The van der Waals surface area contributed by atoms with Gasteiger partial charge in [0.15, 0.2) is 10.4 Å². The summed E-state index contributed by atoms with van der Waals surface area (Å²) in [6.45, 7) is 1.39. The summed E-state index contributed by atoms with van der Waals surface area (Å²) in [7, 11) is -0.280. The van der Waals surface area contributed by atoms with Gasteiger partial charge < -0.3 is 4.90 Å². The zero-order valence-corrected chi connectivity index (χ0v) is 15.2. The summed E-state index contributed by atoms with van der Waals surface area (Å²) in [6, 6.07) is -0.0862. The fourth-order valence-electron chi connectivity index (χ4n) is 2.93. The zero-order valence-electron chi connectivity index (χ0n) is 12.8. The lowest BCUT2D eigenvalue weighted by molar-refractivity contribution is 0.312. The number of piperidine rings is 1. The number of hydrogen-bond donors (Lipinski definition) is 1. The summed E-state index contributed by atoms with van der Waals surface area (Å²) in [5.74, 6) is 0.812. The molecule has 3 heterocycles. The molecule has 1 aliphatic rings. The van der Waals surface area contributed by atoms with Crippen molar-refractivity contribution in [3.05, 3.63) is 10.9 Å². The topological polar surface area (TPSA) is 110 Å². The van der Waals surface area contributed by atoms with Gasteiger partial charge in [0.2, 0.25) is 0 Å². The van der Waals surface area contributed by atoms with E-state index in [4.69, 9.17) is 5.14 Å². The van der Waals surface area contributed by atoms with Crippen LogP contribution in [0, 0.1) is 0 Å². The number of aryl methyl sites for hydroxylation is 1. The molecule has 2 aromatic rings. The molecule has 2 N–H and O–H groups in total. The first kappa shape index (κ1) is 16.6. The first-order chi connectivity index (χ1) is 10.8. The van der Waals surface area contributed by atoms with Crippen LogP contribution in [-0.4, -0.2) is 58.7 Å². The number of nitrogens with zero attached hydrogens (tertiary/aromatic N) is 6. The van der Waals surface area contributed by atoms with Crippen molar-refractivity contribution in [2.45, 2.75) is 18.9 Å². The molecule has 0 saturated carbocycles. The Morgan fingerprint density at radius 3 is 2.61 bits per heavy atom. The third-order valence-electron chi connectivity index (χ3n) is 4.24. The molecule has 0 unspecified atom stereocenters. The lowest BCUT2D eigenvalue weighted by Gasteiger charge is -2.36. The van der Waals surface area contributed by atoms with Crippen LogP contribution in [0.4, 0.5) is 5.82 Å². The van der Waals surface area contributed by atoms with Crippen molar-refractivity contribution >= 4 is 43.0 Å². The minimum absolute atomic E-state index is 0.0862. The van der Waals surface area contributed by atoms with Crippen molar-refractivity contribution in [2.75, 3.05) is 25.0 Å². The van der Waals surface area contributed by atoms with E-state index in [0.717, 1.165) is 16.9 Å². The quantitative estimate of drug-likeness (QED) is 0.784. The summed E-state index contributed by atoms with van der Waals surface area (Å²) >= 11 is 3.40.